The molecule has 1 heterocycles. The summed E-state index contributed by atoms with van der Waals surface area (Å²) in [6.45, 7) is 7.13. The van der Waals surface area contributed by atoms with Crippen LogP contribution in [-0.4, -0.2) is 64.5 Å². The van der Waals surface area contributed by atoms with Gasteiger partial charge in [0.25, 0.3) is 0 Å². The van der Waals surface area contributed by atoms with Crippen molar-refractivity contribution in [3.05, 3.63) is 35.4 Å². The summed E-state index contributed by atoms with van der Waals surface area (Å²) in [5, 5.41) is 6.78. The third-order valence-corrected chi connectivity index (χ3v) is 4.82. The minimum absolute atomic E-state index is 0.646. The smallest absolute Gasteiger partial charge is 0.191 e. The van der Waals surface area contributed by atoms with E-state index in [1.165, 1.54) is 43.5 Å². The maximum atomic E-state index is 5.48. The molecule has 0 aromatic heterocycles. The van der Waals surface area contributed by atoms with Crippen molar-refractivity contribution in [1.29, 1.82) is 0 Å². The van der Waals surface area contributed by atoms with E-state index in [0.717, 1.165) is 38.6 Å². The SMILES string of the molecule is CN=C(NCCCOCCOC)NCc1ccccc1CN1CCCCC1. The molecule has 1 aliphatic rings. The molecule has 6 heteroatoms. The number of benzene rings is 1. The van der Waals surface area contributed by atoms with Crippen LogP contribution in [0.5, 0.6) is 0 Å². The Morgan fingerprint density at radius 3 is 2.56 bits per heavy atom. The number of rotatable bonds is 11. The Hall–Kier alpha value is -1.63. The molecule has 27 heavy (non-hydrogen) atoms. The highest BCUT2D eigenvalue weighted by Crippen LogP contribution is 2.16. The second-order valence-corrected chi connectivity index (χ2v) is 6.92. The van der Waals surface area contributed by atoms with Gasteiger partial charge in [-0.05, 0) is 43.5 Å². The first kappa shape index (κ1) is 21.7. The number of hydrogen-bond acceptors (Lipinski definition) is 4. The molecule has 152 valence electrons. The lowest BCUT2D eigenvalue weighted by Gasteiger charge is -2.27. The van der Waals surface area contributed by atoms with Crippen molar-refractivity contribution in [3.8, 4) is 0 Å². The summed E-state index contributed by atoms with van der Waals surface area (Å²) < 4.78 is 10.4. The van der Waals surface area contributed by atoms with Gasteiger partial charge < -0.3 is 20.1 Å². The molecule has 2 N–H and O–H groups in total. The number of hydrogen-bond donors (Lipinski definition) is 2. The third kappa shape index (κ3) is 8.73. The van der Waals surface area contributed by atoms with Crippen molar-refractivity contribution in [1.82, 2.24) is 15.5 Å². The van der Waals surface area contributed by atoms with Gasteiger partial charge >= 0.3 is 0 Å². The normalized spacial score (nSPS) is 15.7. The first-order valence-electron chi connectivity index (χ1n) is 10.1. The van der Waals surface area contributed by atoms with Gasteiger partial charge in [-0.2, -0.15) is 0 Å². The van der Waals surface area contributed by atoms with Crippen LogP contribution >= 0.6 is 0 Å². The molecule has 1 aliphatic heterocycles. The van der Waals surface area contributed by atoms with E-state index in [-0.39, 0.29) is 0 Å². The van der Waals surface area contributed by atoms with Crippen LogP contribution in [0.3, 0.4) is 0 Å². The second-order valence-electron chi connectivity index (χ2n) is 6.92. The summed E-state index contributed by atoms with van der Waals surface area (Å²) in [7, 11) is 3.50. The van der Waals surface area contributed by atoms with Gasteiger partial charge in [0.1, 0.15) is 0 Å². The van der Waals surface area contributed by atoms with Gasteiger partial charge in [-0.25, -0.2) is 0 Å². The molecule has 0 radical (unpaired) electrons. The lowest BCUT2D eigenvalue weighted by Crippen LogP contribution is -2.38. The Balaban J connectivity index is 1.72. The Morgan fingerprint density at radius 1 is 1.04 bits per heavy atom. The van der Waals surface area contributed by atoms with Crippen molar-refractivity contribution >= 4 is 5.96 Å². The molecular weight excluding hydrogens is 340 g/mol. The van der Waals surface area contributed by atoms with E-state index in [0.29, 0.717) is 13.2 Å². The molecule has 0 aliphatic carbocycles. The molecule has 0 saturated carbocycles. The highest BCUT2D eigenvalue weighted by Gasteiger charge is 2.12. The van der Waals surface area contributed by atoms with E-state index in [9.17, 15) is 0 Å². The third-order valence-electron chi connectivity index (χ3n) is 4.82. The molecule has 1 aromatic carbocycles. The van der Waals surface area contributed by atoms with Crippen LogP contribution in [0, 0.1) is 0 Å². The molecular formula is C21H36N4O2. The number of guanidine groups is 1. The monoisotopic (exact) mass is 376 g/mol. The van der Waals surface area contributed by atoms with Crippen molar-refractivity contribution in [3.63, 3.8) is 0 Å². The fourth-order valence-electron chi connectivity index (χ4n) is 3.27. The fraction of sp³-hybridized carbons (Fsp3) is 0.667. The summed E-state index contributed by atoms with van der Waals surface area (Å²) in [6, 6.07) is 8.71. The molecule has 1 saturated heterocycles. The molecule has 6 nitrogen and oxygen atoms in total. The number of aliphatic imine (C=N–C) groups is 1. The maximum absolute atomic E-state index is 5.48. The zero-order valence-electron chi connectivity index (χ0n) is 17.0. The minimum atomic E-state index is 0.646. The van der Waals surface area contributed by atoms with Gasteiger partial charge in [0.05, 0.1) is 13.2 Å². The zero-order chi connectivity index (χ0) is 19.2. The molecule has 0 spiro atoms. The topological polar surface area (TPSA) is 58.1 Å². The Labute approximate surface area is 164 Å². The summed E-state index contributed by atoms with van der Waals surface area (Å²) >= 11 is 0. The van der Waals surface area contributed by atoms with Gasteiger partial charge in [-0.15, -0.1) is 0 Å². The van der Waals surface area contributed by atoms with Crippen LogP contribution in [0.1, 0.15) is 36.8 Å². The second kappa shape index (κ2) is 13.5. The Kier molecular flexibility index (Phi) is 10.9. The van der Waals surface area contributed by atoms with E-state index in [1.807, 2.05) is 7.05 Å². The highest BCUT2D eigenvalue weighted by molar-refractivity contribution is 5.79. The molecule has 1 fully saturated rings. The molecule has 0 bridgehead atoms. The van der Waals surface area contributed by atoms with E-state index in [1.54, 1.807) is 7.11 Å². The molecule has 0 unspecified atom stereocenters. The van der Waals surface area contributed by atoms with Gasteiger partial charge in [0.15, 0.2) is 5.96 Å². The average molecular weight is 377 g/mol. The number of likely N-dealkylation sites (tertiary alicyclic amines) is 1. The molecule has 0 amide bonds. The number of nitrogens with one attached hydrogen (secondary N) is 2. The van der Waals surface area contributed by atoms with Crippen LogP contribution in [0.25, 0.3) is 0 Å². The van der Waals surface area contributed by atoms with Crippen molar-refractivity contribution in [2.75, 3.05) is 53.6 Å². The van der Waals surface area contributed by atoms with E-state index >= 15 is 0 Å². The van der Waals surface area contributed by atoms with Gasteiger partial charge in [-0.3, -0.25) is 9.89 Å². The maximum Gasteiger partial charge on any atom is 0.191 e. The average Bonchev–Trinajstić information content (AvgIpc) is 2.71. The van der Waals surface area contributed by atoms with E-state index < -0.39 is 0 Å². The van der Waals surface area contributed by atoms with Crippen LogP contribution in [0.2, 0.25) is 0 Å². The first-order valence-corrected chi connectivity index (χ1v) is 10.1. The summed E-state index contributed by atoms with van der Waals surface area (Å²) in [6.07, 6.45) is 4.97. The van der Waals surface area contributed by atoms with E-state index in [2.05, 4.69) is 44.8 Å². The number of methoxy groups -OCH3 is 1. The number of ether oxygens (including phenoxy) is 2. The molecule has 2 rings (SSSR count). The lowest BCUT2D eigenvalue weighted by atomic mass is 10.0. The van der Waals surface area contributed by atoms with Crippen molar-refractivity contribution < 1.29 is 9.47 Å². The zero-order valence-corrected chi connectivity index (χ0v) is 17.0. The predicted octanol–water partition coefficient (Wildman–Crippen LogP) is 2.39. The first-order chi connectivity index (χ1) is 13.3. The standard InChI is InChI=1S/C21H36N4O2/c1-22-21(23-11-8-14-27-16-15-26-2)24-17-19-9-4-5-10-20(19)18-25-12-6-3-7-13-25/h4-5,9-10H,3,6-8,11-18H2,1-2H3,(H2,22,23,24). The van der Waals surface area contributed by atoms with Crippen LogP contribution in [0.4, 0.5) is 0 Å². The quantitative estimate of drug-likeness (QED) is 0.353. The van der Waals surface area contributed by atoms with Crippen LogP contribution in [-0.2, 0) is 22.6 Å². The highest BCUT2D eigenvalue weighted by atomic mass is 16.5. The van der Waals surface area contributed by atoms with Gasteiger partial charge in [0, 0.05) is 40.4 Å². The minimum Gasteiger partial charge on any atom is -0.382 e. The Bertz CT molecular complexity index is 545. The fourth-order valence-corrected chi connectivity index (χ4v) is 3.27. The van der Waals surface area contributed by atoms with Crippen molar-refractivity contribution in [2.45, 2.75) is 38.8 Å². The predicted molar refractivity (Wildman–Crippen MR) is 111 cm³/mol. The summed E-state index contributed by atoms with van der Waals surface area (Å²) in [5.41, 5.74) is 2.75. The number of nitrogens with zero attached hydrogens (tertiary/aromatic N) is 2. The van der Waals surface area contributed by atoms with Crippen molar-refractivity contribution in [2.24, 2.45) is 4.99 Å². The molecule has 1 aromatic rings. The van der Waals surface area contributed by atoms with Crippen LogP contribution in [0.15, 0.2) is 29.3 Å². The summed E-state index contributed by atoms with van der Waals surface area (Å²) in [5.74, 6) is 0.833. The number of piperidine rings is 1. The Morgan fingerprint density at radius 2 is 1.81 bits per heavy atom. The summed E-state index contributed by atoms with van der Waals surface area (Å²) in [4.78, 5) is 6.89. The van der Waals surface area contributed by atoms with Gasteiger partial charge in [-0.1, -0.05) is 30.7 Å². The molecule has 0 atom stereocenters. The van der Waals surface area contributed by atoms with Gasteiger partial charge in [0.2, 0.25) is 0 Å². The largest absolute Gasteiger partial charge is 0.382 e. The lowest BCUT2D eigenvalue weighted by molar-refractivity contribution is 0.0698. The van der Waals surface area contributed by atoms with E-state index in [4.69, 9.17) is 9.47 Å². The van der Waals surface area contributed by atoms with Crippen LogP contribution < -0.4 is 10.6 Å².